The van der Waals surface area contributed by atoms with Crippen LogP contribution in [0.5, 0.6) is 5.88 Å². The summed E-state index contributed by atoms with van der Waals surface area (Å²) in [4.78, 5) is 24.4. The van der Waals surface area contributed by atoms with E-state index in [0.717, 1.165) is 56.2 Å². The van der Waals surface area contributed by atoms with Gasteiger partial charge >= 0.3 is 0 Å². The third-order valence-corrected chi connectivity index (χ3v) is 6.49. The van der Waals surface area contributed by atoms with Gasteiger partial charge in [-0.05, 0) is 26.3 Å². The lowest BCUT2D eigenvalue weighted by molar-refractivity contribution is -0.0841. The van der Waals surface area contributed by atoms with Gasteiger partial charge in [-0.15, -0.1) is 0 Å². The van der Waals surface area contributed by atoms with Crippen LogP contribution in [-0.4, -0.2) is 83.7 Å². The highest BCUT2D eigenvalue weighted by Gasteiger charge is 2.36. The maximum Gasteiger partial charge on any atom is 0.256 e. The Morgan fingerprint density at radius 3 is 2.86 bits per heavy atom. The van der Waals surface area contributed by atoms with Crippen LogP contribution in [-0.2, 0) is 17.8 Å². The minimum absolute atomic E-state index is 0.0827. The Balaban J connectivity index is 1.49. The van der Waals surface area contributed by atoms with Crippen molar-refractivity contribution >= 4 is 5.91 Å². The van der Waals surface area contributed by atoms with Gasteiger partial charge in [0.2, 0.25) is 5.88 Å². The Hall–Kier alpha value is -1.70. The largest absolute Gasteiger partial charge is 0.481 e. The molecule has 160 valence electrons. The van der Waals surface area contributed by atoms with Crippen LogP contribution in [0.1, 0.15) is 55.2 Å². The summed E-state index contributed by atoms with van der Waals surface area (Å²) in [6.45, 7) is 12.4. The number of methoxy groups -OCH3 is 1. The molecule has 0 saturated carbocycles. The first-order valence-corrected chi connectivity index (χ1v) is 10.9. The van der Waals surface area contributed by atoms with E-state index in [0.29, 0.717) is 24.5 Å². The molecule has 1 aromatic heterocycles. The molecule has 0 spiro atoms. The van der Waals surface area contributed by atoms with Crippen LogP contribution in [0.2, 0.25) is 0 Å². The molecule has 2 saturated heterocycles. The SMILES string of the molecule is CCC[C@H]1COC[C@H]2CN(Cc3cc4c(nc3OC)CN(C(C)C)C4=O)CCN12. The lowest BCUT2D eigenvalue weighted by atomic mass is 10.0. The maximum atomic E-state index is 12.8. The summed E-state index contributed by atoms with van der Waals surface area (Å²) >= 11 is 0. The summed E-state index contributed by atoms with van der Waals surface area (Å²) in [7, 11) is 1.66. The predicted molar refractivity (Wildman–Crippen MR) is 111 cm³/mol. The molecule has 0 radical (unpaired) electrons. The van der Waals surface area contributed by atoms with Gasteiger partial charge in [-0.2, -0.15) is 0 Å². The van der Waals surface area contributed by atoms with E-state index in [1.807, 2.05) is 24.8 Å². The van der Waals surface area contributed by atoms with Crippen LogP contribution in [0.15, 0.2) is 6.07 Å². The molecule has 3 aliphatic rings. The summed E-state index contributed by atoms with van der Waals surface area (Å²) in [5.41, 5.74) is 2.56. The number of carbonyl (C=O) groups excluding carboxylic acids is 1. The van der Waals surface area contributed by atoms with Crippen molar-refractivity contribution in [3.05, 3.63) is 22.9 Å². The van der Waals surface area contributed by atoms with Gasteiger partial charge in [-0.3, -0.25) is 14.6 Å². The standard InChI is InChI=1S/C22H34N4O3/c1-5-6-17-13-29-14-18-11-24(7-8-25(17)18)10-16-9-19-20(23-21(16)28-4)12-26(15(2)3)22(19)27/h9,15,17-18H,5-8,10-14H2,1-4H3/t17-,18+/m0/s1. The molecular weight excluding hydrogens is 368 g/mol. The van der Waals surface area contributed by atoms with E-state index in [4.69, 9.17) is 14.5 Å². The van der Waals surface area contributed by atoms with Gasteiger partial charge in [0.25, 0.3) is 5.91 Å². The Bertz CT molecular complexity index is 752. The molecule has 0 N–H and O–H groups in total. The quantitative estimate of drug-likeness (QED) is 0.727. The highest BCUT2D eigenvalue weighted by molar-refractivity contribution is 5.98. The van der Waals surface area contributed by atoms with E-state index in [1.54, 1.807) is 7.11 Å². The Kier molecular flexibility index (Phi) is 6.08. The van der Waals surface area contributed by atoms with Gasteiger partial charge in [0.1, 0.15) is 0 Å². The van der Waals surface area contributed by atoms with Gasteiger partial charge in [-0.1, -0.05) is 13.3 Å². The fourth-order valence-electron chi connectivity index (χ4n) is 4.94. The number of fused-ring (bicyclic) bond motifs is 2. The molecule has 1 aromatic rings. The summed E-state index contributed by atoms with van der Waals surface area (Å²) in [6, 6.07) is 3.18. The van der Waals surface area contributed by atoms with Crippen LogP contribution >= 0.6 is 0 Å². The molecule has 0 unspecified atom stereocenters. The normalized spacial score (nSPS) is 25.4. The molecule has 0 aromatic carbocycles. The second-order valence-corrected chi connectivity index (χ2v) is 8.78. The van der Waals surface area contributed by atoms with Crippen molar-refractivity contribution < 1.29 is 14.3 Å². The van der Waals surface area contributed by atoms with E-state index in [9.17, 15) is 4.79 Å². The average Bonchev–Trinajstić information content (AvgIpc) is 3.04. The van der Waals surface area contributed by atoms with Gasteiger partial charge < -0.3 is 14.4 Å². The average molecular weight is 403 g/mol. The monoisotopic (exact) mass is 402 g/mol. The molecule has 7 nitrogen and oxygen atoms in total. The number of amides is 1. The molecule has 3 aliphatic heterocycles. The molecule has 2 fully saturated rings. The summed E-state index contributed by atoms with van der Waals surface area (Å²) in [6.07, 6.45) is 2.40. The number of aromatic nitrogens is 1. The number of hydrogen-bond acceptors (Lipinski definition) is 6. The number of hydrogen-bond donors (Lipinski definition) is 0. The molecule has 2 atom stereocenters. The molecule has 0 bridgehead atoms. The van der Waals surface area contributed by atoms with Crippen molar-refractivity contribution in [2.24, 2.45) is 0 Å². The second kappa shape index (κ2) is 8.58. The first-order chi connectivity index (χ1) is 14.0. The lowest BCUT2D eigenvalue weighted by Crippen LogP contribution is -2.61. The smallest absolute Gasteiger partial charge is 0.256 e. The fraction of sp³-hybridized carbons (Fsp3) is 0.727. The number of ether oxygens (including phenoxy) is 2. The Morgan fingerprint density at radius 1 is 1.31 bits per heavy atom. The fourth-order valence-corrected chi connectivity index (χ4v) is 4.94. The van der Waals surface area contributed by atoms with E-state index in [1.165, 1.54) is 12.8 Å². The number of rotatable bonds is 6. The van der Waals surface area contributed by atoms with Crippen LogP contribution in [0.4, 0.5) is 0 Å². The molecular formula is C22H34N4O3. The first-order valence-electron chi connectivity index (χ1n) is 10.9. The van der Waals surface area contributed by atoms with Gasteiger partial charge in [0.05, 0.1) is 38.1 Å². The number of piperazine rings is 1. The molecule has 0 aliphatic carbocycles. The molecule has 4 heterocycles. The number of pyridine rings is 1. The van der Waals surface area contributed by atoms with Crippen LogP contribution in [0, 0.1) is 0 Å². The van der Waals surface area contributed by atoms with Crippen molar-refractivity contribution in [2.45, 2.75) is 64.8 Å². The van der Waals surface area contributed by atoms with Crippen LogP contribution < -0.4 is 4.74 Å². The van der Waals surface area contributed by atoms with Crippen LogP contribution in [0.25, 0.3) is 0 Å². The van der Waals surface area contributed by atoms with E-state index in [-0.39, 0.29) is 11.9 Å². The van der Waals surface area contributed by atoms with Crippen molar-refractivity contribution in [3.8, 4) is 5.88 Å². The lowest BCUT2D eigenvalue weighted by Gasteiger charge is -2.48. The van der Waals surface area contributed by atoms with Crippen LogP contribution in [0.3, 0.4) is 0 Å². The van der Waals surface area contributed by atoms with Gasteiger partial charge in [0, 0.05) is 49.9 Å². The Labute approximate surface area is 174 Å². The highest BCUT2D eigenvalue weighted by atomic mass is 16.5. The van der Waals surface area contributed by atoms with Gasteiger partial charge in [0.15, 0.2) is 0 Å². The van der Waals surface area contributed by atoms with Gasteiger partial charge in [-0.25, -0.2) is 4.98 Å². The third-order valence-electron chi connectivity index (χ3n) is 6.49. The van der Waals surface area contributed by atoms with Crippen molar-refractivity contribution in [1.82, 2.24) is 19.7 Å². The first kappa shape index (κ1) is 20.6. The zero-order chi connectivity index (χ0) is 20.5. The number of morpholine rings is 1. The highest BCUT2D eigenvalue weighted by Crippen LogP contribution is 2.30. The predicted octanol–water partition coefficient (Wildman–Crippen LogP) is 2.14. The zero-order valence-corrected chi connectivity index (χ0v) is 18.2. The Morgan fingerprint density at radius 2 is 2.14 bits per heavy atom. The number of carbonyl (C=O) groups is 1. The van der Waals surface area contributed by atoms with E-state index in [2.05, 4.69) is 16.7 Å². The minimum atomic E-state index is 0.0827. The second-order valence-electron chi connectivity index (χ2n) is 8.78. The molecule has 29 heavy (non-hydrogen) atoms. The molecule has 1 amide bonds. The zero-order valence-electron chi connectivity index (χ0n) is 18.2. The van der Waals surface area contributed by atoms with E-state index < -0.39 is 0 Å². The van der Waals surface area contributed by atoms with Crippen molar-refractivity contribution in [1.29, 1.82) is 0 Å². The number of nitrogens with zero attached hydrogens (tertiary/aromatic N) is 4. The maximum absolute atomic E-state index is 12.8. The summed E-state index contributed by atoms with van der Waals surface area (Å²) in [5.74, 6) is 0.729. The van der Waals surface area contributed by atoms with Crippen molar-refractivity contribution in [2.75, 3.05) is 40.0 Å². The molecule has 7 heteroatoms. The molecule has 4 rings (SSSR count). The van der Waals surface area contributed by atoms with E-state index >= 15 is 0 Å². The summed E-state index contributed by atoms with van der Waals surface area (Å²) < 4.78 is 11.5. The third kappa shape index (κ3) is 4.00. The summed E-state index contributed by atoms with van der Waals surface area (Å²) in [5, 5.41) is 0. The van der Waals surface area contributed by atoms with Crippen molar-refractivity contribution in [3.63, 3.8) is 0 Å². The minimum Gasteiger partial charge on any atom is -0.481 e. The topological polar surface area (TPSA) is 58.1 Å².